The number of fused-ring (bicyclic) bond motifs is 1. The van der Waals surface area contributed by atoms with E-state index in [9.17, 15) is 9.59 Å². The van der Waals surface area contributed by atoms with E-state index >= 15 is 0 Å². The Labute approximate surface area is 155 Å². The van der Waals surface area contributed by atoms with E-state index in [4.69, 9.17) is 15.2 Å². The van der Waals surface area contributed by atoms with E-state index in [1.165, 1.54) is 18.1 Å². The Morgan fingerprint density at radius 2 is 1.88 bits per heavy atom. The van der Waals surface area contributed by atoms with Gasteiger partial charge >= 0.3 is 11.9 Å². The smallest absolute Gasteiger partial charge is 0.330 e. The molecule has 0 aromatic carbocycles. The van der Waals surface area contributed by atoms with E-state index < -0.39 is 18.0 Å². The van der Waals surface area contributed by atoms with Gasteiger partial charge in [-0.1, -0.05) is 19.4 Å². The zero-order chi connectivity index (χ0) is 16.3. The van der Waals surface area contributed by atoms with Crippen LogP contribution in [0, 0.1) is 11.8 Å². The maximum atomic E-state index is 12.3. The predicted octanol–water partition coefficient (Wildman–Crippen LogP) is 3.43. The Bertz CT molecular complexity index is 565. The standard InChI is InChI=1S/C17H23NO4.2ClH/c1-10(2)15(17(20)22-16(19)11(3)18)8-12-4-5-13-9-21-7-6-14(12)13;;/h6-7,9-11,15H,4-5,8,18H2,1-3H3;2*1H/t11-,15?;;/m0../s1. The molecule has 0 aromatic rings. The van der Waals surface area contributed by atoms with Crippen molar-refractivity contribution in [3.05, 3.63) is 35.3 Å². The number of hydrogen-bond acceptors (Lipinski definition) is 5. The summed E-state index contributed by atoms with van der Waals surface area (Å²) >= 11 is 0. The van der Waals surface area contributed by atoms with Crippen LogP contribution in [0.25, 0.3) is 0 Å². The van der Waals surface area contributed by atoms with Gasteiger partial charge in [-0.3, -0.25) is 4.79 Å². The van der Waals surface area contributed by atoms with Crippen LogP contribution in [0.1, 0.15) is 40.0 Å². The summed E-state index contributed by atoms with van der Waals surface area (Å²) < 4.78 is 10.1. The molecule has 1 unspecified atom stereocenters. The highest BCUT2D eigenvalue weighted by molar-refractivity contribution is 5.89. The number of esters is 2. The van der Waals surface area contributed by atoms with Gasteiger partial charge in [0, 0.05) is 0 Å². The Morgan fingerprint density at radius 1 is 1.21 bits per heavy atom. The molecule has 2 N–H and O–H groups in total. The molecule has 2 rings (SSSR count). The van der Waals surface area contributed by atoms with Crippen LogP contribution in [0.3, 0.4) is 0 Å². The fourth-order valence-electron chi connectivity index (χ4n) is 2.69. The summed E-state index contributed by atoms with van der Waals surface area (Å²) in [5, 5.41) is 0. The van der Waals surface area contributed by atoms with Crippen molar-refractivity contribution < 1.29 is 19.1 Å². The largest absolute Gasteiger partial charge is 0.472 e. The SMILES string of the molecule is CC(C)C(CC1=C2C=COC=C2CC1)C(=O)OC(=O)[C@H](C)N.Cl.Cl. The van der Waals surface area contributed by atoms with Crippen molar-refractivity contribution in [2.45, 2.75) is 46.1 Å². The quantitative estimate of drug-likeness (QED) is 0.586. The van der Waals surface area contributed by atoms with Gasteiger partial charge in [-0.05, 0) is 49.3 Å². The normalized spacial score (nSPS) is 17.8. The van der Waals surface area contributed by atoms with Crippen LogP contribution < -0.4 is 5.73 Å². The van der Waals surface area contributed by atoms with Crippen molar-refractivity contribution in [3.8, 4) is 0 Å². The number of carbonyl (C=O) groups excluding carboxylic acids is 2. The molecule has 136 valence electrons. The van der Waals surface area contributed by atoms with E-state index in [0.29, 0.717) is 6.42 Å². The molecule has 0 aromatic heterocycles. The third-order valence-electron chi connectivity index (χ3n) is 4.09. The van der Waals surface area contributed by atoms with E-state index in [2.05, 4.69) is 0 Å². The van der Waals surface area contributed by atoms with Gasteiger partial charge < -0.3 is 15.2 Å². The molecule has 1 aliphatic carbocycles. The Morgan fingerprint density at radius 3 is 2.46 bits per heavy atom. The summed E-state index contributed by atoms with van der Waals surface area (Å²) in [6.45, 7) is 5.42. The molecule has 1 aliphatic heterocycles. The lowest BCUT2D eigenvalue weighted by Crippen LogP contribution is -2.34. The topological polar surface area (TPSA) is 78.6 Å². The molecule has 2 atom stereocenters. The molecular formula is C17H25Cl2NO4. The van der Waals surface area contributed by atoms with Gasteiger partial charge in [0.2, 0.25) is 0 Å². The zero-order valence-corrected chi connectivity index (χ0v) is 15.7. The van der Waals surface area contributed by atoms with Gasteiger partial charge in [0.05, 0.1) is 18.4 Å². The summed E-state index contributed by atoms with van der Waals surface area (Å²) in [7, 11) is 0. The highest BCUT2D eigenvalue weighted by atomic mass is 35.5. The Kier molecular flexibility index (Phi) is 9.33. The summed E-state index contributed by atoms with van der Waals surface area (Å²) in [6.07, 6.45) is 7.77. The number of rotatable bonds is 5. The van der Waals surface area contributed by atoms with Crippen molar-refractivity contribution >= 4 is 36.8 Å². The average Bonchev–Trinajstić information content (AvgIpc) is 2.87. The minimum atomic E-state index is -0.793. The van der Waals surface area contributed by atoms with Crippen LogP contribution in [-0.2, 0) is 19.1 Å². The van der Waals surface area contributed by atoms with Crippen molar-refractivity contribution in [1.29, 1.82) is 0 Å². The summed E-state index contributed by atoms with van der Waals surface area (Å²) in [5.74, 6) is -1.43. The Balaban J connectivity index is 0.00000264. The van der Waals surface area contributed by atoms with Crippen molar-refractivity contribution in [2.75, 3.05) is 0 Å². The molecule has 24 heavy (non-hydrogen) atoms. The van der Waals surface area contributed by atoms with Crippen molar-refractivity contribution in [1.82, 2.24) is 0 Å². The molecule has 0 amide bonds. The second kappa shape index (κ2) is 9.87. The molecule has 0 spiro atoms. The predicted molar refractivity (Wildman–Crippen MR) is 96.8 cm³/mol. The second-order valence-electron chi connectivity index (χ2n) is 6.18. The first-order valence-corrected chi connectivity index (χ1v) is 7.64. The summed E-state index contributed by atoms with van der Waals surface area (Å²) in [6, 6.07) is -0.793. The van der Waals surface area contributed by atoms with Crippen LogP contribution >= 0.6 is 24.8 Å². The maximum Gasteiger partial charge on any atom is 0.330 e. The van der Waals surface area contributed by atoms with Crippen molar-refractivity contribution in [2.24, 2.45) is 17.6 Å². The number of carbonyl (C=O) groups is 2. The number of allylic oxidation sites excluding steroid dienone is 4. The van der Waals surface area contributed by atoms with Gasteiger partial charge in [-0.25, -0.2) is 4.79 Å². The van der Waals surface area contributed by atoms with Gasteiger partial charge in [-0.15, -0.1) is 24.8 Å². The molecule has 0 saturated heterocycles. The van der Waals surface area contributed by atoms with Gasteiger partial charge in [-0.2, -0.15) is 0 Å². The zero-order valence-electron chi connectivity index (χ0n) is 14.1. The molecular weight excluding hydrogens is 353 g/mol. The lowest BCUT2D eigenvalue weighted by Gasteiger charge is -2.20. The summed E-state index contributed by atoms with van der Waals surface area (Å²) in [4.78, 5) is 23.8. The molecule has 0 fully saturated rings. The van der Waals surface area contributed by atoms with Gasteiger partial charge in [0.25, 0.3) is 0 Å². The molecule has 7 heteroatoms. The van der Waals surface area contributed by atoms with Crippen LogP contribution in [0.15, 0.2) is 35.3 Å². The van der Waals surface area contributed by atoms with Crippen molar-refractivity contribution in [3.63, 3.8) is 0 Å². The minimum absolute atomic E-state index is 0. The highest BCUT2D eigenvalue weighted by Gasteiger charge is 2.30. The maximum absolute atomic E-state index is 12.3. The van der Waals surface area contributed by atoms with E-state index in [-0.39, 0.29) is 36.6 Å². The van der Waals surface area contributed by atoms with Crippen LogP contribution in [0.4, 0.5) is 0 Å². The lowest BCUT2D eigenvalue weighted by atomic mass is 9.87. The van der Waals surface area contributed by atoms with Gasteiger partial charge in [0.15, 0.2) is 0 Å². The molecule has 5 nitrogen and oxygen atoms in total. The summed E-state index contributed by atoms with van der Waals surface area (Å²) in [5.41, 5.74) is 8.98. The van der Waals surface area contributed by atoms with E-state index in [1.807, 2.05) is 19.9 Å². The molecule has 0 saturated carbocycles. The number of ether oxygens (including phenoxy) is 2. The number of hydrogen-bond donors (Lipinski definition) is 1. The average molecular weight is 378 g/mol. The second-order valence-corrected chi connectivity index (χ2v) is 6.18. The number of nitrogens with two attached hydrogens (primary N) is 1. The number of halogens is 2. The first-order chi connectivity index (χ1) is 10.4. The van der Waals surface area contributed by atoms with E-state index in [1.54, 1.807) is 12.5 Å². The molecule has 0 radical (unpaired) electrons. The minimum Gasteiger partial charge on any atom is -0.472 e. The first-order valence-electron chi connectivity index (χ1n) is 7.64. The fourth-order valence-corrected chi connectivity index (χ4v) is 2.69. The molecule has 0 bridgehead atoms. The van der Waals surface area contributed by atoms with Crippen LogP contribution in [0.2, 0.25) is 0 Å². The van der Waals surface area contributed by atoms with Gasteiger partial charge in [0.1, 0.15) is 6.04 Å². The molecule has 1 heterocycles. The van der Waals surface area contributed by atoms with E-state index in [0.717, 1.165) is 18.4 Å². The third-order valence-corrected chi connectivity index (χ3v) is 4.09. The lowest BCUT2D eigenvalue weighted by molar-refractivity contribution is -0.164. The Hall–Kier alpha value is -1.30. The van der Waals surface area contributed by atoms with Crippen LogP contribution in [-0.4, -0.2) is 18.0 Å². The third kappa shape index (κ3) is 5.36. The first kappa shape index (κ1) is 22.7. The fraction of sp³-hybridized carbons (Fsp3) is 0.529. The van der Waals surface area contributed by atoms with Crippen LogP contribution in [0.5, 0.6) is 0 Å². The molecule has 2 aliphatic rings. The monoisotopic (exact) mass is 377 g/mol. The highest BCUT2D eigenvalue weighted by Crippen LogP contribution is 2.38.